The first-order chi connectivity index (χ1) is 8.93. The largest absolute Gasteiger partial charge is 0.416 e. The molecule has 0 aliphatic heterocycles. The second kappa shape index (κ2) is 5.08. The van der Waals surface area contributed by atoms with Crippen molar-refractivity contribution in [3.8, 4) is 0 Å². The molecule has 1 aromatic carbocycles. The number of nitrogen functional groups attached to an aromatic ring is 1. The highest BCUT2D eigenvalue weighted by Crippen LogP contribution is 2.33. The van der Waals surface area contributed by atoms with Crippen LogP contribution >= 0.6 is 0 Å². The van der Waals surface area contributed by atoms with Crippen molar-refractivity contribution in [2.45, 2.75) is 19.1 Å². The molecule has 2 N–H and O–H groups in total. The van der Waals surface area contributed by atoms with Crippen LogP contribution in [0.2, 0.25) is 0 Å². The third kappa shape index (κ3) is 2.81. The van der Waals surface area contributed by atoms with Gasteiger partial charge < -0.3 is 15.0 Å². The molecule has 0 atom stereocenters. The van der Waals surface area contributed by atoms with Crippen molar-refractivity contribution in [3.05, 3.63) is 24.0 Å². The van der Waals surface area contributed by atoms with Crippen LogP contribution in [0.25, 0.3) is 11.0 Å². The first-order valence-corrected chi connectivity index (χ1v) is 5.74. The van der Waals surface area contributed by atoms with Gasteiger partial charge in [-0.05, 0) is 18.6 Å². The SMILES string of the molecule is COCCCn1cnc2cc(C(F)(F)F)cc(N)c21. The normalized spacial score (nSPS) is 12.2. The lowest BCUT2D eigenvalue weighted by Gasteiger charge is -2.10. The Hall–Kier alpha value is -1.76. The number of aromatic nitrogens is 2. The van der Waals surface area contributed by atoms with Crippen LogP contribution < -0.4 is 5.73 Å². The number of alkyl halides is 3. The quantitative estimate of drug-likeness (QED) is 0.688. The van der Waals surface area contributed by atoms with Crippen LogP contribution in [0.1, 0.15) is 12.0 Å². The van der Waals surface area contributed by atoms with Crippen LogP contribution in [0.15, 0.2) is 18.5 Å². The molecule has 0 fully saturated rings. The fraction of sp³-hybridized carbons (Fsp3) is 0.417. The average molecular weight is 273 g/mol. The average Bonchev–Trinajstić information content (AvgIpc) is 2.72. The number of hydrogen-bond donors (Lipinski definition) is 1. The highest BCUT2D eigenvalue weighted by molar-refractivity contribution is 5.88. The summed E-state index contributed by atoms with van der Waals surface area (Å²) in [6.45, 7) is 1.17. The summed E-state index contributed by atoms with van der Waals surface area (Å²) in [5.41, 5.74) is 5.80. The van der Waals surface area contributed by atoms with E-state index < -0.39 is 11.7 Å². The summed E-state index contributed by atoms with van der Waals surface area (Å²) in [7, 11) is 1.59. The molecule has 0 aliphatic carbocycles. The molecule has 0 unspecified atom stereocenters. The van der Waals surface area contributed by atoms with E-state index in [9.17, 15) is 13.2 Å². The van der Waals surface area contributed by atoms with E-state index in [4.69, 9.17) is 10.5 Å². The van der Waals surface area contributed by atoms with Crippen molar-refractivity contribution >= 4 is 16.7 Å². The van der Waals surface area contributed by atoms with Gasteiger partial charge in [0.2, 0.25) is 0 Å². The fourth-order valence-electron chi connectivity index (χ4n) is 1.95. The molecule has 0 bridgehead atoms. The maximum Gasteiger partial charge on any atom is 0.416 e. The highest BCUT2D eigenvalue weighted by atomic mass is 19.4. The predicted molar refractivity (Wildman–Crippen MR) is 65.6 cm³/mol. The zero-order valence-electron chi connectivity index (χ0n) is 10.4. The molecule has 2 rings (SSSR count). The molecule has 0 radical (unpaired) electrons. The molecule has 19 heavy (non-hydrogen) atoms. The van der Waals surface area contributed by atoms with E-state index in [-0.39, 0.29) is 11.2 Å². The Morgan fingerprint density at radius 3 is 2.74 bits per heavy atom. The van der Waals surface area contributed by atoms with Gasteiger partial charge in [0.15, 0.2) is 0 Å². The van der Waals surface area contributed by atoms with Gasteiger partial charge in [0.05, 0.1) is 28.6 Å². The third-order valence-corrected chi connectivity index (χ3v) is 2.82. The number of nitrogens with zero attached hydrogens (tertiary/aromatic N) is 2. The summed E-state index contributed by atoms with van der Waals surface area (Å²) in [6, 6.07) is 1.95. The highest BCUT2D eigenvalue weighted by Gasteiger charge is 2.31. The Bertz CT molecular complexity index is 577. The van der Waals surface area contributed by atoms with E-state index in [1.54, 1.807) is 11.7 Å². The van der Waals surface area contributed by atoms with Crippen LogP contribution in [-0.4, -0.2) is 23.3 Å². The Morgan fingerprint density at radius 2 is 2.11 bits per heavy atom. The van der Waals surface area contributed by atoms with Gasteiger partial charge in [0.1, 0.15) is 0 Å². The summed E-state index contributed by atoms with van der Waals surface area (Å²) < 4.78 is 44.6. The fourth-order valence-corrected chi connectivity index (χ4v) is 1.95. The van der Waals surface area contributed by atoms with Gasteiger partial charge in [0.25, 0.3) is 0 Å². The number of fused-ring (bicyclic) bond motifs is 1. The Balaban J connectivity index is 2.39. The molecule has 104 valence electrons. The summed E-state index contributed by atoms with van der Waals surface area (Å²) in [4.78, 5) is 3.97. The van der Waals surface area contributed by atoms with E-state index >= 15 is 0 Å². The second-order valence-electron chi connectivity index (χ2n) is 4.22. The van der Waals surface area contributed by atoms with E-state index in [2.05, 4.69) is 4.98 Å². The number of halogens is 3. The molecule has 4 nitrogen and oxygen atoms in total. The minimum absolute atomic E-state index is 0.0831. The maximum absolute atomic E-state index is 12.6. The van der Waals surface area contributed by atoms with Gasteiger partial charge in [-0.15, -0.1) is 0 Å². The van der Waals surface area contributed by atoms with Gasteiger partial charge in [-0.3, -0.25) is 0 Å². The lowest BCUT2D eigenvalue weighted by molar-refractivity contribution is -0.137. The molecule has 0 spiro atoms. The van der Waals surface area contributed by atoms with Crippen LogP contribution in [0.5, 0.6) is 0 Å². The van der Waals surface area contributed by atoms with Crippen LogP contribution in [0, 0.1) is 0 Å². The van der Waals surface area contributed by atoms with E-state index in [1.165, 1.54) is 6.33 Å². The van der Waals surface area contributed by atoms with Crippen molar-refractivity contribution in [1.82, 2.24) is 9.55 Å². The topological polar surface area (TPSA) is 53.1 Å². The summed E-state index contributed by atoms with van der Waals surface area (Å²) in [5, 5.41) is 0. The van der Waals surface area contributed by atoms with Crippen molar-refractivity contribution in [3.63, 3.8) is 0 Å². The first-order valence-electron chi connectivity index (χ1n) is 5.74. The summed E-state index contributed by atoms with van der Waals surface area (Å²) >= 11 is 0. The van der Waals surface area contributed by atoms with E-state index in [0.717, 1.165) is 18.6 Å². The molecular weight excluding hydrogens is 259 g/mol. The van der Waals surface area contributed by atoms with Crippen molar-refractivity contribution < 1.29 is 17.9 Å². The number of benzene rings is 1. The number of aryl methyl sites for hydroxylation is 1. The molecule has 0 amide bonds. The molecule has 2 aromatic rings. The van der Waals surface area contributed by atoms with Crippen LogP contribution in [0.4, 0.5) is 18.9 Å². The Morgan fingerprint density at radius 1 is 1.37 bits per heavy atom. The van der Waals surface area contributed by atoms with E-state index in [1.807, 2.05) is 0 Å². The zero-order valence-corrected chi connectivity index (χ0v) is 10.4. The molecule has 0 saturated heterocycles. The van der Waals surface area contributed by atoms with Crippen molar-refractivity contribution in [2.75, 3.05) is 19.5 Å². The lowest BCUT2D eigenvalue weighted by atomic mass is 10.1. The third-order valence-electron chi connectivity index (χ3n) is 2.82. The summed E-state index contributed by atoms with van der Waals surface area (Å²) in [5.74, 6) is 0. The van der Waals surface area contributed by atoms with Gasteiger partial charge >= 0.3 is 6.18 Å². The molecule has 7 heteroatoms. The standard InChI is InChI=1S/C12H14F3N3O/c1-19-4-2-3-18-7-17-10-6-8(12(13,14)15)5-9(16)11(10)18/h5-7H,2-4,16H2,1H3. The molecule has 1 aromatic heterocycles. The van der Waals surface area contributed by atoms with Crippen molar-refractivity contribution in [2.24, 2.45) is 0 Å². The minimum atomic E-state index is -4.41. The number of ether oxygens (including phenoxy) is 1. The lowest BCUT2D eigenvalue weighted by Crippen LogP contribution is -2.07. The number of anilines is 1. The van der Waals surface area contributed by atoms with Gasteiger partial charge in [0, 0.05) is 20.3 Å². The minimum Gasteiger partial charge on any atom is -0.397 e. The predicted octanol–water partition coefficient (Wildman–Crippen LogP) is 2.67. The van der Waals surface area contributed by atoms with E-state index in [0.29, 0.717) is 18.7 Å². The van der Waals surface area contributed by atoms with Gasteiger partial charge in [-0.1, -0.05) is 0 Å². The second-order valence-corrected chi connectivity index (χ2v) is 4.22. The smallest absolute Gasteiger partial charge is 0.397 e. The Labute approximate surface area is 108 Å². The maximum atomic E-state index is 12.6. The zero-order chi connectivity index (χ0) is 14.0. The monoisotopic (exact) mass is 273 g/mol. The molecule has 0 saturated carbocycles. The number of hydrogen-bond acceptors (Lipinski definition) is 3. The molecule has 1 heterocycles. The molecular formula is C12H14F3N3O. The number of rotatable bonds is 4. The number of nitrogens with two attached hydrogens (primary N) is 1. The van der Waals surface area contributed by atoms with Crippen LogP contribution in [0.3, 0.4) is 0 Å². The summed E-state index contributed by atoms with van der Waals surface area (Å²) in [6.07, 6.45) is -2.18. The van der Waals surface area contributed by atoms with Gasteiger partial charge in [-0.25, -0.2) is 4.98 Å². The molecule has 0 aliphatic rings. The van der Waals surface area contributed by atoms with Gasteiger partial charge in [-0.2, -0.15) is 13.2 Å². The number of imidazole rings is 1. The number of methoxy groups -OCH3 is 1. The van der Waals surface area contributed by atoms with Crippen LogP contribution in [-0.2, 0) is 17.5 Å². The first kappa shape index (κ1) is 13.7. The Kier molecular flexibility index (Phi) is 3.66. The van der Waals surface area contributed by atoms with Crippen molar-refractivity contribution in [1.29, 1.82) is 0 Å².